The first-order chi connectivity index (χ1) is 16.7. The number of hydrogen-bond donors (Lipinski definition) is 0. The van der Waals surface area contributed by atoms with Crippen molar-refractivity contribution in [3.8, 4) is 52.4 Å². The average molecular weight is 459 g/mol. The SMILES string of the molecule is COc1cc([C@@H]2c3cc4c(cc3C[C@H]3C#C/C=C\C#CCOC[C@@H]23)OCO4)cc(OC)c1OC. The molecule has 0 saturated carbocycles. The molecule has 0 aromatic heterocycles. The molecule has 34 heavy (non-hydrogen) atoms. The molecule has 0 radical (unpaired) electrons. The van der Waals surface area contributed by atoms with Crippen molar-refractivity contribution in [2.75, 3.05) is 41.3 Å². The molecule has 3 aliphatic rings. The van der Waals surface area contributed by atoms with E-state index < -0.39 is 0 Å². The fourth-order valence-corrected chi connectivity index (χ4v) is 4.98. The van der Waals surface area contributed by atoms with Crippen molar-refractivity contribution in [2.45, 2.75) is 12.3 Å². The Kier molecular flexibility index (Phi) is 6.25. The van der Waals surface area contributed by atoms with Gasteiger partial charge >= 0.3 is 0 Å². The molecular weight excluding hydrogens is 432 g/mol. The van der Waals surface area contributed by atoms with Gasteiger partial charge in [0.1, 0.15) is 6.61 Å². The van der Waals surface area contributed by atoms with Gasteiger partial charge < -0.3 is 28.4 Å². The van der Waals surface area contributed by atoms with E-state index in [1.807, 2.05) is 12.1 Å². The summed E-state index contributed by atoms with van der Waals surface area (Å²) in [5.74, 6) is 16.0. The Hall–Kier alpha value is -3.74. The van der Waals surface area contributed by atoms with Crippen LogP contribution >= 0.6 is 0 Å². The Morgan fingerprint density at radius 1 is 0.882 bits per heavy atom. The number of benzene rings is 2. The first-order valence-electron chi connectivity index (χ1n) is 11.2. The van der Waals surface area contributed by atoms with Crippen LogP contribution in [0.1, 0.15) is 22.6 Å². The van der Waals surface area contributed by atoms with Crippen molar-refractivity contribution in [1.82, 2.24) is 0 Å². The molecule has 0 N–H and O–H groups in total. The van der Waals surface area contributed by atoms with Crippen molar-refractivity contribution in [1.29, 1.82) is 0 Å². The minimum atomic E-state index is -0.0380. The van der Waals surface area contributed by atoms with Crippen LogP contribution in [0.4, 0.5) is 0 Å². The standard InChI is InChI=1S/C28H26O6/c1-29-25-13-20(14-26(30-2)28(25)31-3)27-21-15-24-23(33-17-34-24)12-19(21)11-18-9-7-5-4-6-8-10-32-16-22(18)27/h4-5,12-15,18,22,27H,10-11,16-17H2,1-3H3/b5-4-/t18-,22-,27-/m1/s1. The van der Waals surface area contributed by atoms with Crippen LogP contribution in [0, 0.1) is 35.5 Å². The summed E-state index contributed by atoms with van der Waals surface area (Å²) in [4.78, 5) is 0. The second-order valence-electron chi connectivity index (χ2n) is 8.27. The molecule has 2 aliphatic heterocycles. The molecule has 0 saturated heterocycles. The molecule has 0 spiro atoms. The number of hydrogen-bond acceptors (Lipinski definition) is 6. The average Bonchev–Trinajstić information content (AvgIpc) is 3.30. The summed E-state index contributed by atoms with van der Waals surface area (Å²) in [5, 5.41) is 0. The highest BCUT2D eigenvalue weighted by Crippen LogP contribution is 2.50. The molecular formula is C28H26O6. The Labute approximate surface area is 199 Å². The molecule has 0 amide bonds. The van der Waals surface area contributed by atoms with Crippen molar-refractivity contribution >= 4 is 0 Å². The van der Waals surface area contributed by atoms with E-state index in [9.17, 15) is 0 Å². The Bertz CT molecular complexity index is 1210. The van der Waals surface area contributed by atoms with Gasteiger partial charge in [0, 0.05) is 17.8 Å². The van der Waals surface area contributed by atoms with Crippen molar-refractivity contribution in [3.63, 3.8) is 0 Å². The van der Waals surface area contributed by atoms with Gasteiger partial charge in [0.05, 0.1) is 27.9 Å². The topological polar surface area (TPSA) is 55.4 Å². The van der Waals surface area contributed by atoms with Gasteiger partial charge in [-0.2, -0.15) is 0 Å². The van der Waals surface area contributed by atoms with Crippen LogP contribution in [0.25, 0.3) is 0 Å². The lowest BCUT2D eigenvalue weighted by atomic mass is 9.66. The third-order valence-electron chi connectivity index (χ3n) is 6.51. The summed E-state index contributed by atoms with van der Waals surface area (Å²) in [7, 11) is 4.86. The van der Waals surface area contributed by atoms with E-state index in [4.69, 9.17) is 28.4 Å². The van der Waals surface area contributed by atoms with Crippen LogP contribution in [0.2, 0.25) is 0 Å². The van der Waals surface area contributed by atoms with Crippen LogP contribution in [0.15, 0.2) is 36.4 Å². The normalized spacial score (nSPS) is 23.0. The second-order valence-corrected chi connectivity index (χ2v) is 8.27. The quantitative estimate of drug-likeness (QED) is 0.647. The summed E-state index contributed by atoms with van der Waals surface area (Å²) in [6.45, 7) is 1.11. The third kappa shape index (κ3) is 4.02. The van der Waals surface area contributed by atoms with Gasteiger partial charge in [-0.15, -0.1) is 0 Å². The molecule has 0 fully saturated rings. The minimum Gasteiger partial charge on any atom is -0.493 e. The van der Waals surface area contributed by atoms with Gasteiger partial charge in [-0.1, -0.05) is 23.7 Å². The van der Waals surface area contributed by atoms with E-state index >= 15 is 0 Å². The first-order valence-corrected chi connectivity index (χ1v) is 11.2. The highest BCUT2D eigenvalue weighted by molar-refractivity contribution is 5.59. The Morgan fingerprint density at radius 3 is 2.35 bits per heavy atom. The first kappa shape index (κ1) is 22.1. The maximum absolute atomic E-state index is 6.03. The highest BCUT2D eigenvalue weighted by Gasteiger charge is 2.39. The van der Waals surface area contributed by atoms with E-state index in [2.05, 4.69) is 35.8 Å². The van der Waals surface area contributed by atoms with Crippen LogP contribution in [-0.2, 0) is 11.2 Å². The molecule has 1 aliphatic carbocycles. The second kappa shape index (κ2) is 9.63. The Morgan fingerprint density at radius 2 is 1.62 bits per heavy atom. The van der Waals surface area contributed by atoms with Gasteiger partial charge in [0.15, 0.2) is 23.0 Å². The van der Waals surface area contributed by atoms with Crippen LogP contribution < -0.4 is 23.7 Å². The molecule has 174 valence electrons. The molecule has 6 heteroatoms. The molecule has 2 aromatic carbocycles. The molecule has 3 atom stereocenters. The maximum atomic E-state index is 6.03. The van der Waals surface area contributed by atoms with Crippen molar-refractivity contribution in [3.05, 3.63) is 53.1 Å². The molecule has 2 aromatic rings. The lowest BCUT2D eigenvalue weighted by Crippen LogP contribution is -2.33. The zero-order valence-corrected chi connectivity index (χ0v) is 19.5. The van der Waals surface area contributed by atoms with Crippen LogP contribution in [0.3, 0.4) is 0 Å². The highest BCUT2D eigenvalue weighted by atomic mass is 16.7. The summed E-state index contributed by atoms with van der Waals surface area (Å²) in [6, 6.07) is 8.22. The smallest absolute Gasteiger partial charge is 0.231 e. The zero-order chi connectivity index (χ0) is 23.5. The summed E-state index contributed by atoms with van der Waals surface area (Å²) >= 11 is 0. The third-order valence-corrected chi connectivity index (χ3v) is 6.51. The van der Waals surface area contributed by atoms with Gasteiger partial charge in [-0.3, -0.25) is 0 Å². The maximum Gasteiger partial charge on any atom is 0.231 e. The minimum absolute atomic E-state index is 0.0380. The van der Waals surface area contributed by atoms with Gasteiger partial charge in [0.25, 0.3) is 0 Å². The van der Waals surface area contributed by atoms with Crippen molar-refractivity contribution in [2.24, 2.45) is 11.8 Å². The lowest BCUT2D eigenvalue weighted by molar-refractivity contribution is 0.0985. The van der Waals surface area contributed by atoms with Crippen LogP contribution in [-0.4, -0.2) is 41.3 Å². The number of methoxy groups -OCH3 is 3. The number of rotatable bonds is 4. The van der Waals surface area contributed by atoms with E-state index in [0.29, 0.717) is 30.5 Å². The molecule has 0 bridgehead atoms. The fourth-order valence-electron chi connectivity index (χ4n) is 4.98. The fraction of sp³-hybridized carbons (Fsp3) is 0.357. The lowest BCUT2D eigenvalue weighted by Gasteiger charge is -2.38. The van der Waals surface area contributed by atoms with Crippen LogP contribution in [0.5, 0.6) is 28.7 Å². The number of fused-ring (bicyclic) bond motifs is 3. The predicted molar refractivity (Wildman–Crippen MR) is 127 cm³/mol. The van der Waals surface area contributed by atoms with Gasteiger partial charge in [-0.25, -0.2) is 0 Å². The van der Waals surface area contributed by atoms with E-state index in [1.165, 1.54) is 11.1 Å². The van der Waals surface area contributed by atoms with E-state index in [0.717, 1.165) is 23.5 Å². The number of allylic oxidation sites excluding steroid dienone is 2. The van der Waals surface area contributed by atoms with Gasteiger partial charge in [0.2, 0.25) is 12.5 Å². The molecule has 0 unspecified atom stereocenters. The molecule has 5 rings (SSSR count). The summed E-state index contributed by atoms with van der Waals surface area (Å²) in [5.41, 5.74) is 3.39. The molecule has 2 heterocycles. The van der Waals surface area contributed by atoms with Gasteiger partial charge in [-0.05, 0) is 59.5 Å². The van der Waals surface area contributed by atoms with E-state index in [1.54, 1.807) is 33.5 Å². The predicted octanol–water partition coefficient (Wildman–Crippen LogP) is 3.95. The zero-order valence-electron chi connectivity index (χ0n) is 19.5. The summed E-state index contributed by atoms with van der Waals surface area (Å²) < 4.78 is 34.3. The largest absolute Gasteiger partial charge is 0.493 e. The molecule has 6 nitrogen and oxygen atoms in total. The monoisotopic (exact) mass is 458 g/mol. The summed E-state index contributed by atoms with van der Waals surface area (Å²) in [6.07, 6.45) is 4.36. The van der Waals surface area contributed by atoms with Crippen molar-refractivity contribution < 1.29 is 28.4 Å². The number of ether oxygens (including phenoxy) is 6. The Balaban J connectivity index is 1.70. The van der Waals surface area contributed by atoms with E-state index in [-0.39, 0.29) is 24.5 Å².